The molecular weight excluding hydrogens is 468 g/mol. The quantitative estimate of drug-likeness (QED) is 0.247. The lowest BCUT2D eigenvalue weighted by Crippen LogP contribution is -2.38. The molecule has 0 radical (unpaired) electrons. The third kappa shape index (κ3) is 15.5. The Balaban J connectivity index is 1.82. The van der Waals surface area contributed by atoms with Crippen LogP contribution in [-0.4, -0.2) is 147 Å². The summed E-state index contributed by atoms with van der Waals surface area (Å²) in [5.74, 6) is 0. The smallest absolute Gasteiger partial charge is 0.0110 e. The molecule has 38 heavy (non-hydrogen) atoms. The van der Waals surface area contributed by atoms with Crippen molar-refractivity contribution in [3.63, 3.8) is 0 Å². The Morgan fingerprint density at radius 1 is 0.263 bits per heavy atom. The first kappa shape index (κ1) is 34.0. The molecule has 6 nitrogen and oxygen atoms in total. The normalized spacial score (nSPS) is 21.5. The third-order valence-corrected chi connectivity index (χ3v) is 8.90. The van der Waals surface area contributed by atoms with Crippen molar-refractivity contribution < 1.29 is 0 Å². The molecule has 0 atom stereocenters. The van der Waals surface area contributed by atoms with Gasteiger partial charge in [-0.1, -0.05) is 53.4 Å². The predicted molar refractivity (Wildman–Crippen MR) is 168 cm³/mol. The van der Waals surface area contributed by atoms with Crippen LogP contribution in [0.25, 0.3) is 0 Å². The van der Waals surface area contributed by atoms with Crippen LogP contribution in [0.4, 0.5) is 0 Å². The van der Waals surface area contributed by atoms with Crippen molar-refractivity contribution in [3.8, 4) is 0 Å². The summed E-state index contributed by atoms with van der Waals surface area (Å²) in [5.41, 5.74) is 0. The maximum atomic E-state index is 2.79. The van der Waals surface area contributed by atoms with Gasteiger partial charge in [0.15, 0.2) is 0 Å². The molecule has 0 spiro atoms. The van der Waals surface area contributed by atoms with Gasteiger partial charge in [-0.2, -0.15) is 0 Å². The maximum Gasteiger partial charge on any atom is 0.0110 e. The summed E-state index contributed by atoms with van der Waals surface area (Å²) in [4.78, 5) is 16.6. The zero-order valence-corrected chi connectivity index (χ0v) is 26.5. The van der Waals surface area contributed by atoms with E-state index < -0.39 is 0 Å². The highest BCUT2D eigenvalue weighted by molar-refractivity contribution is 4.74. The SMILES string of the molecule is CCCCN1CCN(CCCC)CCN(CCCCN2CCN(CCCC)CCN(CCCC)CC2)CC1. The van der Waals surface area contributed by atoms with E-state index in [0.717, 1.165) is 0 Å². The number of unbranched alkanes of at least 4 members (excludes halogenated alkanes) is 5. The van der Waals surface area contributed by atoms with Crippen LogP contribution in [-0.2, 0) is 0 Å². The molecule has 2 rings (SSSR count). The lowest BCUT2D eigenvalue weighted by atomic mass is 10.2. The molecule has 0 amide bonds. The van der Waals surface area contributed by atoms with Crippen LogP contribution in [0.15, 0.2) is 0 Å². The zero-order valence-electron chi connectivity index (χ0n) is 26.5. The molecular formula is C32H68N6. The summed E-state index contributed by atoms with van der Waals surface area (Å²) in [6, 6.07) is 0. The summed E-state index contributed by atoms with van der Waals surface area (Å²) >= 11 is 0. The van der Waals surface area contributed by atoms with Crippen LogP contribution >= 0.6 is 0 Å². The molecule has 6 heteroatoms. The lowest BCUT2D eigenvalue weighted by Gasteiger charge is -2.27. The Kier molecular flexibility index (Phi) is 20.1. The fraction of sp³-hybridized carbons (Fsp3) is 1.00. The second kappa shape index (κ2) is 22.4. The van der Waals surface area contributed by atoms with Crippen molar-refractivity contribution in [2.45, 2.75) is 91.9 Å². The molecule has 0 aromatic heterocycles. The minimum absolute atomic E-state index is 1.26. The number of rotatable bonds is 17. The average molecular weight is 537 g/mol. The first-order valence-electron chi connectivity index (χ1n) is 17.0. The van der Waals surface area contributed by atoms with E-state index in [-0.39, 0.29) is 0 Å². The Labute approximate surface area is 239 Å². The van der Waals surface area contributed by atoms with E-state index in [0.29, 0.717) is 0 Å². The molecule has 2 aliphatic rings. The molecule has 0 saturated carbocycles. The first-order chi connectivity index (χ1) is 18.7. The molecule has 0 bridgehead atoms. The minimum Gasteiger partial charge on any atom is -0.301 e. The summed E-state index contributed by atoms with van der Waals surface area (Å²) in [5, 5.41) is 0. The van der Waals surface area contributed by atoms with Gasteiger partial charge in [-0.05, 0) is 77.8 Å². The van der Waals surface area contributed by atoms with Gasteiger partial charge in [0, 0.05) is 78.5 Å². The third-order valence-electron chi connectivity index (χ3n) is 8.90. The zero-order chi connectivity index (χ0) is 27.3. The summed E-state index contributed by atoms with van der Waals surface area (Å²) in [7, 11) is 0. The molecule has 0 aromatic rings. The molecule has 0 aromatic carbocycles. The standard InChI is InChI=1S/C32H68N6/c1-5-9-15-33-21-22-34(16-10-6-2)26-30-37(29-25-33)19-13-14-20-38-31-27-35(17-11-7-3)23-24-36(28-32-38)18-12-8-4/h5-32H2,1-4H3. The highest BCUT2D eigenvalue weighted by Crippen LogP contribution is 2.08. The van der Waals surface area contributed by atoms with Crippen LogP contribution in [0, 0.1) is 0 Å². The number of nitrogens with zero attached hydrogens (tertiary/aromatic N) is 6. The highest BCUT2D eigenvalue weighted by Gasteiger charge is 2.18. The van der Waals surface area contributed by atoms with Crippen molar-refractivity contribution in [1.82, 2.24) is 29.4 Å². The summed E-state index contributed by atoms with van der Waals surface area (Å²) < 4.78 is 0. The van der Waals surface area contributed by atoms with E-state index in [1.165, 1.54) is 182 Å². The highest BCUT2D eigenvalue weighted by atomic mass is 15.3. The van der Waals surface area contributed by atoms with Gasteiger partial charge in [0.1, 0.15) is 0 Å². The lowest BCUT2D eigenvalue weighted by molar-refractivity contribution is 0.196. The van der Waals surface area contributed by atoms with Crippen molar-refractivity contribution in [1.29, 1.82) is 0 Å². The topological polar surface area (TPSA) is 19.4 Å². The van der Waals surface area contributed by atoms with Gasteiger partial charge in [-0.25, -0.2) is 0 Å². The summed E-state index contributed by atoms with van der Waals surface area (Å²) in [6.07, 6.45) is 13.3. The molecule has 2 saturated heterocycles. The van der Waals surface area contributed by atoms with Gasteiger partial charge >= 0.3 is 0 Å². The second-order valence-corrected chi connectivity index (χ2v) is 12.2. The number of hydrogen-bond acceptors (Lipinski definition) is 6. The van der Waals surface area contributed by atoms with Crippen molar-refractivity contribution >= 4 is 0 Å². The van der Waals surface area contributed by atoms with E-state index >= 15 is 0 Å². The first-order valence-corrected chi connectivity index (χ1v) is 17.0. The molecule has 0 unspecified atom stereocenters. The maximum absolute atomic E-state index is 2.79. The second-order valence-electron chi connectivity index (χ2n) is 12.2. The molecule has 0 aliphatic carbocycles. The van der Waals surface area contributed by atoms with Gasteiger partial charge in [0.05, 0.1) is 0 Å². The van der Waals surface area contributed by atoms with Crippen LogP contribution in [0.5, 0.6) is 0 Å². The van der Waals surface area contributed by atoms with E-state index in [9.17, 15) is 0 Å². The van der Waals surface area contributed by atoms with Gasteiger partial charge in [-0.15, -0.1) is 0 Å². The van der Waals surface area contributed by atoms with Crippen LogP contribution < -0.4 is 0 Å². The van der Waals surface area contributed by atoms with Crippen molar-refractivity contribution in [2.24, 2.45) is 0 Å². The Hall–Kier alpha value is -0.240. The van der Waals surface area contributed by atoms with E-state index in [1.807, 2.05) is 0 Å². The molecule has 2 aliphatic heterocycles. The molecule has 2 heterocycles. The van der Waals surface area contributed by atoms with Gasteiger partial charge in [0.2, 0.25) is 0 Å². The Morgan fingerprint density at radius 3 is 0.579 bits per heavy atom. The van der Waals surface area contributed by atoms with Gasteiger partial charge in [0.25, 0.3) is 0 Å². The number of hydrogen-bond donors (Lipinski definition) is 0. The Bertz CT molecular complexity index is 446. The monoisotopic (exact) mass is 537 g/mol. The van der Waals surface area contributed by atoms with Crippen molar-refractivity contribution in [2.75, 3.05) is 118 Å². The van der Waals surface area contributed by atoms with E-state index in [1.54, 1.807) is 0 Å². The Morgan fingerprint density at radius 2 is 0.421 bits per heavy atom. The molecule has 0 N–H and O–H groups in total. The average Bonchev–Trinajstić information content (AvgIpc) is 3.09. The largest absolute Gasteiger partial charge is 0.301 e. The minimum atomic E-state index is 1.26. The fourth-order valence-corrected chi connectivity index (χ4v) is 5.91. The predicted octanol–water partition coefficient (Wildman–Crippen LogP) is 4.81. The molecule has 2 fully saturated rings. The summed E-state index contributed by atoms with van der Waals surface area (Å²) in [6.45, 7) is 32.1. The van der Waals surface area contributed by atoms with Gasteiger partial charge in [-0.3, -0.25) is 0 Å². The fourth-order valence-electron chi connectivity index (χ4n) is 5.91. The van der Waals surface area contributed by atoms with E-state index in [2.05, 4.69) is 57.1 Å². The molecule has 226 valence electrons. The van der Waals surface area contributed by atoms with E-state index in [4.69, 9.17) is 0 Å². The van der Waals surface area contributed by atoms with Crippen LogP contribution in [0.3, 0.4) is 0 Å². The van der Waals surface area contributed by atoms with Crippen LogP contribution in [0.2, 0.25) is 0 Å². The van der Waals surface area contributed by atoms with Crippen LogP contribution in [0.1, 0.15) is 91.9 Å². The van der Waals surface area contributed by atoms with Crippen molar-refractivity contribution in [3.05, 3.63) is 0 Å². The van der Waals surface area contributed by atoms with Gasteiger partial charge < -0.3 is 29.4 Å².